The van der Waals surface area contributed by atoms with Crippen molar-refractivity contribution in [2.45, 2.75) is 13.5 Å². The highest BCUT2D eigenvalue weighted by molar-refractivity contribution is 6.32. The fraction of sp³-hybridized carbons (Fsp3) is 0.143. The summed E-state index contributed by atoms with van der Waals surface area (Å²) in [5, 5.41) is 0.590. The fourth-order valence-electron chi connectivity index (χ4n) is 1.46. The Bertz CT molecular complexity index is 508. The van der Waals surface area contributed by atoms with Gasteiger partial charge in [0.15, 0.2) is 0 Å². The lowest BCUT2D eigenvalue weighted by Crippen LogP contribution is -1.96. The molecule has 0 radical (unpaired) electrons. The van der Waals surface area contributed by atoms with Crippen molar-refractivity contribution in [2.24, 2.45) is 0 Å². The second kappa shape index (κ2) is 5.19. The Morgan fingerprint density at radius 3 is 2.47 bits per heavy atom. The molecule has 0 spiro atoms. The quantitative estimate of drug-likeness (QED) is 0.786. The van der Waals surface area contributed by atoms with Crippen molar-refractivity contribution in [3.05, 3.63) is 64.4 Å². The van der Waals surface area contributed by atoms with Gasteiger partial charge in [0.1, 0.15) is 18.2 Å². The van der Waals surface area contributed by atoms with Crippen LogP contribution in [0, 0.1) is 12.7 Å². The van der Waals surface area contributed by atoms with Crippen molar-refractivity contribution in [2.75, 3.05) is 0 Å². The topological polar surface area (TPSA) is 9.23 Å². The Morgan fingerprint density at radius 1 is 1.12 bits per heavy atom. The van der Waals surface area contributed by atoms with E-state index >= 15 is 0 Å². The molecule has 0 fully saturated rings. The number of ether oxygens (including phenoxy) is 1. The van der Waals surface area contributed by atoms with E-state index in [1.807, 2.05) is 25.1 Å². The minimum atomic E-state index is -0.248. The molecule has 88 valence electrons. The third-order valence-electron chi connectivity index (χ3n) is 2.39. The lowest BCUT2D eigenvalue weighted by atomic mass is 10.2. The summed E-state index contributed by atoms with van der Waals surface area (Å²) in [6, 6.07) is 11.8. The van der Waals surface area contributed by atoms with Crippen LogP contribution in [0.1, 0.15) is 11.1 Å². The number of hydrogen-bond donors (Lipinski definition) is 0. The molecule has 0 aliphatic heterocycles. The molecule has 17 heavy (non-hydrogen) atoms. The van der Waals surface area contributed by atoms with Crippen molar-refractivity contribution in [3.63, 3.8) is 0 Å². The molecular formula is C14H12ClFO. The minimum Gasteiger partial charge on any atom is -0.487 e. The van der Waals surface area contributed by atoms with E-state index in [0.29, 0.717) is 17.4 Å². The molecule has 2 aromatic carbocycles. The second-order valence-corrected chi connectivity index (χ2v) is 4.26. The smallest absolute Gasteiger partial charge is 0.138 e. The Kier molecular flexibility index (Phi) is 3.64. The Morgan fingerprint density at radius 2 is 1.82 bits per heavy atom. The van der Waals surface area contributed by atoms with Gasteiger partial charge in [-0.1, -0.05) is 29.8 Å². The van der Waals surface area contributed by atoms with Crippen LogP contribution in [0.15, 0.2) is 42.5 Å². The Balaban J connectivity index is 2.04. The highest BCUT2D eigenvalue weighted by Crippen LogP contribution is 2.25. The molecule has 0 saturated heterocycles. The minimum absolute atomic E-state index is 0.248. The van der Waals surface area contributed by atoms with Crippen LogP contribution in [-0.2, 0) is 6.61 Å². The molecule has 2 aromatic rings. The molecule has 0 aliphatic rings. The average Bonchev–Trinajstić information content (AvgIpc) is 2.30. The molecule has 1 nitrogen and oxygen atoms in total. The molecule has 0 heterocycles. The normalized spacial score (nSPS) is 10.3. The average molecular weight is 251 g/mol. The van der Waals surface area contributed by atoms with Crippen molar-refractivity contribution in [1.29, 1.82) is 0 Å². The largest absolute Gasteiger partial charge is 0.487 e. The summed E-state index contributed by atoms with van der Waals surface area (Å²) in [5.74, 6) is 0.392. The van der Waals surface area contributed by atoms with Gasteiger partial charge in [0.2, 0.25) is 0 Å². The molecule has 0 N–H and O–H groups in total. The van der Waals surface area contributed by atoms with Crippen molar-refractivity contribution < 1.29 is 9.13 Å². The standard InChI is InChI=1S/C14H12ClFO/c1-10-2-7-14(13(15)8-10)17-9-11-3-5-12(16)6-4-11/h2-8H,9H2,1H3. The zero-order valence-electron chi connectivity index (χ0n) is 9.41. The molecule has 2 rings (SSSR count). The third-order valence-corrected chi connectivity index (χ3v) is 2.69. The maximum atomic E-state index is 12.7. The first-order valence-corrected chi connectivity index (χ1v) is 5.66. The van der Waals surface area contributed by atoms with Gasteiger partial charge in [-0.25, -0.2) is 4.39 Å². The van der Waals surface area contributed by atoms with Crippen LogP contribution in [-0.4, -0.2) is 0 Å². The lowest BCUT2D eigenvalue weighted by molar-refractivity contribution is 0.306. The number of hydrogen-bond acceptors (Lipinski definition) is 1. The van der Waals surface area contributed by atoms with E-state index < -0.39 is 0 Å². The highest BCUT2D eigenvalue weighted by atomic mass is 35.5. The van der Waals surface area contributed by atoms with Crippen LogP contribution in [0.2, 0.25) is 5.02 Å². The van der Waals surface area contributed by atoms with Crippen LogP contribution in [0.25, 0.3) is 0 Å². The Labute approximate surface area is 105 Å². The zero-order chi connectivity index (χ0) is 12.3. The fourth-order valence-corrected chi connectivity index (χ4v) is 1.75. The van der Waals surface area contributed by atoms with Crippen LogP contribution < -0.4 is 4.74 Å². The monoisotopic (exact) mass is 250 g/mol. The van der Waals surface area contributed by atoms with Gasteiger partial charge < -0.3 is 4.74 Å². The van der Waals surface area contributed by atoms with Crippen LogP contribution in [0.5, 0.6) is 5.75 Å². The summed E-state index contributed by atoms with van der Waals surface area (Å²) in [4.78, 5) is 0. The molecule has 0 bridgehead atoms. The third kappa shape index (κ3) is 3.21. The molecule has 0 aromatic heterocycles. The predicted molar refractivity (Wildman–Crippen MR) is 66.9 cm³/mol. The second-order valence-electron chi connectivity index (χ2n) is 3.85. The first-order valence-electron chi connectivity index (χ1n) is 5.28. The SMILES string of the molecule is Cc1ccc(OCc2ccc(F)cc2)c(Cl)c1. The van der Waals surface area contributed by atoms with Gasteiger partial charge in [-0.3, -0.25) is 0 Å². The van der Waals surface area contributed by atoms with Crippen LogP contribution >= 0.6 is 11.6 Å². The molecule has 0 unspecified atom stereocenters. The summed E-state index contributed by atoms with van der Waals surface area (Å²) in [6.07, 6.45) is 0. The van der Waals surface area contributed by atoms with Crippen molar-refractivity contribution in [1.82, 2.24) is 0 Å². The first-order chi connectivity index (χ1) is 8.15. The number of halogens is 2. The van der Waals surface area contributed by atoms with Gasteiger partial charge in [-0.15, -0.1) is 0 Å². The first kappa shape index (κ1) is 11.9. The summed E-state index contributed by atoms with van der Waals surface area (Å²) in [7, 11) is 0. The maximum absolute atomic E-state index is 12.7. The van der Waals surface area contributed by atoms with Crippen LogP contribution in [0.3, 0.4) is 0 Å². The van der Waals surface area contributed by atoms with Crippen molar-refractivity contribution >= 4 is 11.6 Å². The molecule has 0 amide bonds. The van der Waals surface area contributed by atoms with Gasteiger partial charge in [-0.05, 0) is 42.3 Å². The van der Waals surface area contributed by atoms with E-state index in [2.05, 4.69) is 0 Å². The van der Waals surface area contributed by atoms with E-state index in [-0.39, 0.29) is 5.82 Å². The summed E-state index contributed by atoms with van der Waals surface area (Å²) >= 11 is 6.04. The maximum Gasteiger partial charge on any atom is 0.138 e. The van der Waals surface area contributed by atoms with Gasteiger partial charge in [0.05, 0.1) is 5.02 Å². The molecule has 0 atom stereocenters. The van der Waals surface area contributed by atoms with E-state index in [9.17, 15) is 4.39 Å². The number of rotatable bonds is 3. The predicted octanol–water partition coefficient (Wildman–Crippen LogP) is 4.37. The van der Waals surface area contributed by atoms with Crippen molar-refractivity contribution in [3.8, 4) is 5.75 Å². The van der Waals surface area contributed by atoms with Crippen LogP contribution in [0.4, 0.5) is 4.39 Å². The van der Waals surface area contributed by atoms with Gasteiger partial charge in [0, 0.05) is 0 Å². The van der Waals surface area contributed by atoms with E-state index in [0.717, 1.165) is 11.1 Å². The molecular weight excluding hydrogens is 239 g/mol. The molecule has 0 aliphatic carbocycles. The van der Waals surface area contributed by atoms with Gasteiger partial charge >= 0.3 is 0 Å². The zero-order valence-corrected chi connectivity index (χ0v) is 10.2. The highest BCUT2D eigenvalue weighted by Gasteiger charge is 2.02. The summed E-state index contributed by atoms with van der Waals surface area (Å²) < 4.78 is 18.3. The van der Waals surface area contributed by atoms with Gasteiger partial charge in [-0.2, -0.15) is 0 Å². The van der Waals surface area contributed by atoms with E-state index in [1.54, 1.807) is 12.1 Å². The van der Waals surface area contributed by atoms with E-state index in [4.69, 9.17) is 16.3 Å². The Hall–Kier alpha value is -1.54. The number of benzene rings is 2. The number of aryl methyl sites for hydroxylation is 1. The molecule has 0 saturated carbocycles. The molecule has 3 heteroatoms. The van der Waals surface area contributed by atoms with Gasteiger partial charge in [0.25, 0.3) is 0 Å². The lowest BCUT2D eigenvalue weighted by Gasteiger charge is -2.08. The summed E-state index contributed by atoms with van der Waals surface area (Å²) in [6.45, 7) is 2.35. The van der Waals surface area contributed by atoms with E-state index in [1.165, 1.54) is 12.1 Å². The summed E-state index contributed by atoms with van der Waals surface area (Å²) in [5.41, 5.74) is 1.99.